The smallest absolute Gasteiger partial charge is 0.255 e. The third-order valence-electron chi connectivity index (χ3n) is 8.99. The highest BCUT2D eigenvalue weighted by atomic mass is 16.3. The Balaban J connectivity index is 1.67. The molecular weight excluding hydrogens is 566 g/mol. The molecule has 0 aromatic heterocycles. The summed E-state index contributed by atoms with van der Waals surface area (Å²) >= 11 is 0. The summed E-state index contributed by atoms with van der Waals surface area (Å²) < 4.78 is 0. The molecular formula is C32H35N5O7. The van der Waals surface area contributed by atoms with E-state index in [0.717, 1.165) is 16.8 Å². The zero-order chi connectivity index (χ0) is 32.1. The van der Waals surface area contributed by atoms with Crippen LogP contribution >= 0.6 is 0 Å². The quantitative estimate of drug-likeness (QED) is 0.171. The molecule has 230 valence electrons. The van der Waals surface area contributed by atoms with Gasteiger partial charge in [-0.2, -0.15) is 5.26 Å². The molecule has 3 aliphatic carbocycles. The van der Waals surface area contributed by atoms with E-state index in [0.29, 0.717) is 30.6 Å². The Hall–Kier alpha value is -4.70. The van der Waals surface area contributed by atoms with Crippen molar-refractivity contribution in [1.29, 1.82) is 5.26 Å². The predicted octanol–water partition coefficient (Wildman–Crippen LogP) is 1.68. The minimum absolute atomic E-state index is 0.00257. The molecule has 0 spiro atoms. The Kier molecular flexibility index (Phi) is 7.98. The van der Waals surface area contributed by atoms with Crippen molar-refractivity contribution in [1.82, 2.24) is 10.2 Å². The summed E-state index contributed by atoms with van der Waals surface area (Å²) in [4.78, 5) is 41.1. The average Bonchev–Trinajstić information content (AvgIpc) is 2.97. The molecule has 4 atom stereocenters. The summed E-state index contributed by atoms with van der Waals surface area (Å²) in [5.74, 6) is -6.91. The van der Waals surface area contributed by atoms with Gasteiger partial charge < -0.3 is 36.8 Å². The fourth-order valence-corrected chi connectivity index (χ4v) is 7.02. The number of hydrogen-bond acceptors (Lipinski definition) is 11. The molecule has 0 radical (unpaired) electrons. The van der Waals surface area contributed by atoms with Gasteiger partial charge in [0.2, 0.25) is 5.78 Å². The number of benzene rings is 2. The van der Waals surface area contributed by atoms with E-state index in [-0.39, 0.29) is 29.7 Å². The normalized spacial score (nSPS) is 24.5. The van der Waals surface area contributed by atoms with Crippen LogP contribution in [0.25, 0.3) is 16.9 Å². The Morgan fingerprint density at radius 3 is 2.52 bits per heavy atom. The molecule has 0 heterocycles. The fraction of sp³-hybridized carbons (Fsp3) is 0.375. The number of likely N-dealkylation sites (N-methyl/N-ethyl adjacent to an activating group) is 1. The molecule has 5 rings (SSSR count). The molecule has 1 amide bonds. The minimum atomic E-state index is -2.69. The van der Waals surface area contributed by atoms with Crippen LogP contribution < -0.4 is 16.4 Å². The van der Waals surface area contributed by atoms with E-state index in [1.165, 1.54) is 11.0 Å². The number of nitrogens with two attached hydrogens (primary N) is 1. The topological polar surface area (TPSA) is 209 Å². The Morgan fingerprint density at radius 1 is 1.16 bits per heavy atom. The zero-order valence-electron chi connectivity index (χ0n) is 24.6. The van der Waals surface area contributed by atoms with Crippen LogP contribution in [0.5, 0.6) is 5.75 Å². The molecule has 0 unspecified atom stereocenters. The zero-order valence-corrected chi connectivity index (χ0v) is 24.6. The second kappa shape index (κ2) is 11.4. The molecule has 44 heavy (non-hydrogen) atoms. The van der Waals surface area contributed by atoms with Gasteiger partial charge in [-0.25, -0.2) is 0 Å². The number of fused-ring (bicyclic) bond motifs is 3. The summed E-state index contributed by atoms with van der Waals surface area (Å²) in [6.07, 6.45) is 0.545. The Morgan fingerprint density at radius 2 is 1.89 bits per heavy atom. The van der Waals surface area contributed by atoms with E-state index < -0.39 is 58.0 Å². The van der Waals surface area contributed by atoms with Gasteiger partial charge in [-0.1, -0.05) is 12.1 Å². The van der Waals surface area contributed by atoms with Crippen molar-refractivity contribution >= 4 is 28.9 Å². The molecule has 8 N–H and O–H groups in total. The summed E-state index contributed by atoms with van der Waals surface area (Å²) in [6, 6.07) is 9.91. The minimum Gasteiger partial charge on any atom is -0.508 e. The monoisotopic (exact) mass is 601 g/mol. The molecule has 1 fully saturated rings. The van der Waals surface area contributed by atoms with E-state index in [9.17, 15) is 34.8 Å². The van der Waals surface area contributed by atoms with E-state index in [2.05, 4.69) is 16.7 Å². The summed E-state index contributed by atoms with van der Waals surface area (Å²) in [5, 5.41) is 60.6. The van der Waals surface area contributed by atoms with Crippen molar-refractivity contribution in [2.75, 3.05) is 33.0 Å². The third-order valence-corrected chi connectivity index (χ3v) is 8.99. The van der Waals surface area contributed by atoms with Crippen LogP contribution in [0.3, 0.4) is 0 Å². The van der Waals surface area contributed by atoms with Crippen LogP contribution in [0.1, 0.15) is 29.5 Å². The van der Waals surface area contributed by atoms with Gasteiger partial charge >= 0.3 is 0 Å². The van der Waals surface area contributed by atoms with E-state index >= 15 is 0 Å². The number of nitriles is 1. The van der Waals surface area contributed by atoms with Crippen LogP contribution in [-0.4, -0.2) is 82.1 Å². The maximum absolute atomic E-state index is 14.1. The van der Waals surface area contributed by atoms with E-state index in [1.807, 2.05) is 18.2 Å². The summed E-state index contributed by atoms with van der Waals surface area (Å²) in [5.41, 5.74) is 5.45. The molecule has 0 bridgehead atoms. The van der Waals surface area contributed by atoms with Gasteiger partial charge in [0.05, 0.1) is 17.7 Å². The van der Waals surface area contributed by atoms with Gasteiger partial charge in [0.25, 0.3) is 5.91 Å². The summed E-state index contributed by atoms with van der Waals surface area (Å²) in [7, 11) is 4.89. The van der Waals surface area contributed by atoms with Gasteiger partial charge in [0.1, 0.15) is 22.8 Å². The summed E-state index contributed by atoms with van der Waals surface area (Å²) in [6.45, 7) is 1.04. The number of phenols is 1. The lowest BCUT2D eigenvalue weighted by Crippen LogP contribution is -2.65. The van der Waals surface area contributed by atoms with Crippen molar-refractivity contribution in [3.63, 3.8) is 0 Å². The lowest BCUT2D eigenvalue weighted by atomic mass is 9.57. The number of primary amides is 1. The maximum Gasteiger partial charge on any atom is 0.255 e. The van der Waals surface area contributed by atoms with Gasteiger partial charge in [-0.15, -0.1) is 0 Å². The largest absolute Gasteiger partial charge is 0.508 e. The Labute approximate surface area is 254 Å². The van der Waals surface area contributed by atoms with Gasteiger partial charge in [0, 0.05) is 49.3 Å². The highest BCUT2D eigenvalue weighted by molar-refractivity contribution is 6.24. The molecule has 12 heteroatoms. The van der Waals surface area contributed by atoms with Crippen molar-refractivity contribution < 1.29 is 34.8 Å². The fourth-order valence-electron chi connectivity index (χ4n) is 7.02. The van der Waals surface area contributed by atoms with Crippen LogP contribution in [0.4, 0.5) is 5.69 Å². The second-order valence-corrected chi connectivity index (χ2v) is 11.7. The van der Waals surface area contributed by atoms with Crippen LogP contribution in [0.15, 0.2) is 47.2 Å². The first-order valence-electron chi connectivity index (χ1n) is 14.3. The lowest BCUT2D eigenvalue weighted by molar-refractivity contribution is -0.153. The number of carbonyl (C=O) groups excluding carboxylic acids is 3. The highest BCUT2D eigenvalue weighted by Crippen LogP contribution is 2.54. The number of rotatable bonds is 8. The van der Waals surface area contributed by atoms with Crippen LogP contribution in [-0.2, 0) is 27.3 Å². The predicted molar refractivity (Wildman–Crippen MR) is 161 cm³/mol. The number of carbonyl (C=O) groups is 3. The number of amides is 1. The number of nitrogens with one attached hydrogen (secondary N) is 2. The molecule has 2 aromatic rings. The van der Waals surface area contributed by atoms with Gasteiger partial charge in [-0.3, -0.25) is 19.3 Å². The molecule has 12 nitrogen and oxygen atoms in total. The molecule has 0 aliphatic heterocycles. The molecule has 1 saturated carbocycles. The third kappa shape index (κ3) is 4.61. The lowest BCUT2D eigenvalue weighted by Gasteiger charge is -2.50. The highest BCUT2D eigenvalue weighted by Gasteiger charge is 2.64. The SMILES string of the molecule is CNc1ccc(CNCCC#N)cc1-c1ccc(O)c2c1C[C@H]1C[C@H]3[C@H](N(C)C)C(=O)C(C(N)=O)=C(O)[C@@]3(O)C(=O)C1=C2O. The number of aromatic hydroxyl groups is 1. The molecule has 0 saturated heterocycles. The van der Waals surface area contributed by atoms with Gasteiger partial charge in [0.15, 0.2) is 11.4 Å². The maximum atomic E-state index is 14.1. The molecule has 2 aromatic carbocycles. The number of Topliss-reactive ketones (excluding diaryl/α,β-unsaturated/α-hetero) is 2. The average molecular weight is 602 g/mol. The first-order chi connectivity index (χ1) is 20.9. The van der Waals surface area contributed by atoms with E-state index in [1.54, 1.807) is 27.2 Å². The number of ketones is 2. The standard InChI is InChI=1S/C32H35N5O7/c1-35-21-7-5-15(14-36-10-4-9-33)11-18(21)17-6-8-22(38)24-19(17)12-16-13-20-26(37(2)3)28(40)25(31(34)43)30(42)32(20,44)29(41)23(16)27(24)39/h5-8,11,16,20,26,35-36,38-39,42,44H,4,10,12-14H2,1-3H3,(H2,34,43)/t16-,20-,26-,32-/m0/s1. The van der Waals surface area contributed by atoms with Crippen molar-refractivity contribution in [2.45, 2.75) is 37.5 Å². The van der Waals surface area contributed by atoms with E-state index in [4.69, 9.17) is 11.0 Å². The molecule has 3 aliphatic rings. The number of anilines is 1. The second-order valence-electron chi connectivity index (χ2n) is 11.7. The first-order valence-corrected chi connectivity index (χ1v) is 14.3. The van der Waals surface area contributed by atoms with Crippen molar-refractivity contribution in [3.8, 4) is 22.9 Å². The number of aliphatic hydroxyl groups excluding tert-OH is 2. The van der Waals surface area contributed by atoms with Crippen molar-refractivity contribution in [3.05, 3.63) is 63.9 Å². The van der Waals surface area contributed by atoms with Crippen LogP contribution in [0, 0.1) is 23.2 Å². The number of hydrogen-bond donors (Lipinski definition) is 7. The number of aliphatic hydroxyl groups is 3. The first kappa shape index (κ1) is 30.7. The van der Waals surface area contributed by atoms with Crippen LogP contribution in [0.2, 0.25) is 0 Å². The van der Waals surface area contributed by atoms with Gasteiger partial charge in [-0.05, 0) is 67.7 Å². The number of nitrogens with zero attached hydrogens (tertiary/aromatic N) is 2. The van der Waals surface area contributed by atoms with Crippen molar-refractivity contribution in [2.24, 2.45) is 17.6 Å². The Bertz CT molecular complexity index is 1690. The number of phenolic OH excluding ortho intramolecular Hbond substituents is 1.